The van der Waals surface area contributed by atoms with E-state index in [0.29, 0.717) is 19.0 Å². The topological polar surface area (TPSA) is 51.6 Å². The van der Waals surface area contributed by atoms with Crippen molar-refractivity contribution in [2.24, 2.45) is 0 Å². The van der Waals surface area contributed by atoms with Crippen LogP contribution in [0.4, 0.5) is 0 Å². The maximum atomic E-state index is 8.56. The van der Waals surface area contributed by atoms with E-state index >= 15 is 0 Å². The summed E-state index contributed by atoms with van der Waals surface area (Å²) in [6, 6.07) is 1.79. The molecule has 0 saturated heterocycles. The van der Waals surface area contributed by atoms with E-state index in [1.54, 1.807) is 25.6 Å². The quantitative estimate of drug-likeness (QED) is 0.591. The fourth-order valence-corrected chi connectivity index (χ4v) is 1.10. The highest BCUT2D eigenvalue weighted by Gasteiger charge is 1.95. The van der Waals surface area contributed by atoms with Crippen molar-refractivity contribution >= 4 is 0 Å². The fourth-order valence-electron chi connectivity index (χ4n) is 1.10. The Morgan fingerprint density at radius 3 is 3.00 bits per heavy atom. The van der Waals surface area contributed by atoms with Crippen LogP contribution in [0.3, 0.4) is 0 Å². The van der Waals surface area contributed by atoms with Gasteiger partial charge >= 0.3 is 0 Å². The summed E-state index contributed by atoms with van der Waals surface area (Å²) in [4.78, 5) is 4.00. The molecule has 4 nitrogen and oxygen atoms in total. The molecular formula is C12H15NO3. The molecule has 0 fully saturated rings. The van der Waals surface area contributed by atoms with E-state index in [0.717, 1.165) is 12.0 Å². The van der Waals surface area contributed by atoms with E-state index < -0.39 is 0 Å². The minimum Gasteiger partial charge on any atom is -0.492 e. The molecule has 4 heteroatoms. The van der Waals surface area contributed by atoms with Crippen molar-refractivity contribution in [1.82, 2.24) is 4.98 Å². The number of ether oxygens (including phenoxy) is 2. The summed E-state index contributed by atoms with van der Waals surface area (Å²) in [5.74, 6) is 6.01. The van der Waals surface area contributed by atoms with Crippen LogP contribution in [0.2, 0.25) is 0 Å². The van der Waals surface area contributed by atoms with Crippen molar-refractivity contribution in [2.45, 2.75) is 6.42 Å². The van der Waals surface area contributed by atoms with Crippen LogP contribution in [0.25, 0.3) is 0 Å². The fraction of sp³-hybridized carbons (Fsp3) is 0.417. The molecule has 0 bridgehead atoms. The molecule has 1 N–H and O–H groups in total. The van der Waals surface area contributed by atoms with Crippen LogP contribution < -0.4 is 4.74 Å². The summed E-state index contributed by atoms with van der Waals surface area (Å²) in [6.07, 6.45) is 4.10. The highest BCUT2D eigenvalue weighted by Crippen LogP contribution is 2.10. The molecule has 0 spiro atoms. The van der Waals surface area contributed by atoms with E-state index in [9.17, 15) is 0 Å². The zero-order chi connectivity index (χ0) is 11.6. The average Bonchev–Trinajstić information content (AvgIpc) is 2.33. The van der Waals surface area contributed by atoms with Crippen LogP contribution in [0.15, 0.2) is 18.5 Å². The van der Waals surface area contributed by atoms with Crippen molar-refractivity contribution in [3.8, 4) is 17.6 Å². The molecule has 1 rings (SSSR count). The monoisotopic (exact) mass is 221 g/mol. The van der Waals surface area contributed by atoms with Gasteiger partial charge in [-0.15, -0.1) is 0 Å². The van der Waals surface area contributed by atoms with Gasteiger partial charge in [-0.25, -0.2) is 0 Å². The summed E-state index contributed by atoms with van der Waals surface area (Å²) in [6.45, 7) is 1.11. The maximum absolute atomic E-state index is 8.56. The molecule has 1 aromatic rings. The first-order valence-electron chi connectivity index (χ1n) is 5.03. The van der Waals surface area contributed by atoms with Crippen LogP contribution in [-0.4, -0.2) is 37.0 Å². The zero-order valence-electron chi connectivity index (χ0n) is 9.27. The van der Waals surface area contributed by atoms with Crippen LogP contribution >= 0.6 is 0 Å². The smallest absolute Gasteiger partial charge is 0.138 e. The maximum Gasteiger partial charge on any atom is 0.138 e. The lowest BCUT2D eigenvalue weighted by molar-refractivity contribution is 0.172. The molecule has 0 aromatic carbocycles. The third-order valence-corrected chi connectivity index (χ3v) is 1.79. The molecule has 0 aliphatic rings. The Kier molecular flexibility index (Phi) is 6.00. The summed E-state index contributed by atoms with van der Waals surface area (Å²) >= 11 is 0. The lowest BCUT2D eigenvalue weighted by Crippen LogP contribution is -2.01. The van der Waals surface area contributed by atoms with Gasteiger partial charge in [0.05, 0.1) is 12.8 Å². The third kappa shape index (κ3) is 4.78. The van der Waals surface area contributed by atoms with E-state index in [-0.39, 0.29) is 6.61 Å². The van der Waals surface area contributed by atoms with Crippen LogP contribution in [0.5, 0.6) is 5.75 Å². The molecule has 86 valence electrons. The number of hydrogen-bond donors (Lipinski definition) is 1. The lowest BCUT2D eigenvalue weighted by atomic mass is 10.3. The molecule has 0 aliphatic heterocycles. The molecule has 0 amide bonds. The molecular weight excluding hydrogens is 206 g/mol. The van der Waals surface area contributed by atoms with Gasteiger partial charge < -0.3 is 14.6 Å². The standard InChI is InChI=1S/C12H15NO3/c1-15-6-3-7-16-12-8-11(4-2-5-14)9-13-10-12/h8-10,14H,3,5-7H2,1H3. The van der Waals surface area contributed by atoms with Crippen molar-refractivity contribution < 1.29 is 14.6 Å². The van der Waals surface area contributed by atoms with Gasteiger partial charge in [0.15, 0.2) is 0 Å². The Bertz CT molecular complexity index is 368. The van der Waals surface area contributed by atoms with Gasteiger partial charge in [-0.05, 0) is 6.07 Å². The lowest BCUT2D eigenvalue weighted by Gasteiger charge is -2.05. The van der Waals surface area contributed by atoms with Gasteiger partial charge in [-0.3, -0.25) is 4.98 Å². The minimum absolute atomic E-state index is 0.154. The number of hydrogen-bond acceptors (Lipinski definition) is 4. The first kappa shape index (κ1) is 12.5. The van der Waals surface area contributed by atoms with Crippen LogP contribution in [-0.2, 0) is 4.74 Å². The second-order valence-corrected chi connectivity index (χ2v) is 3.06. The summed E-state index contributed by atoms with van der Waals surface area (Å²) < 4.78 is 10.4. The van der Waals surface area contributed by atoms with Gasteiger partial charge in [0.2, 0.25) is 0 Å². The number of aliphatic hydroxyl groups is 1. The van der Waals surface area contributed by atoms with E-state index in [1.165, 1.54) is 0 Å². The second-order valence-electron chi connectivity index (χ2n) is 3.06. The third-order valence-electron chi connectivity index (χ3n) is 1.79. The molecule has 0 atom stereocenters. The van der Waals surface area contributed by atoms with Gasteiger partial charge in [0.1, 0.15) is 12.4 Å². The number of pyridine rings is 1. The average molecular weight is 221 g/mol. The molecule has 0 aliphatic carbocycles. The van der Waals surface area contributed by atoms with Crippen molar-refractivity contribution in [3.63, 3.8) is 0 Å². The first-order chi connectivity index (χ1) is 7.86. The molecule has 0 radical (unpaired) electrons. The first-order valence-corrected chi connectivity index (χ1v) is 5.03. The van der Waals surface area contributed by atoms with E-state index in [2.05, 4.69) is 16.8 Å². The van der Waals surface area contributed by atoms with Gasteiger partial charge in [0.25, 0.3) is 0 Å². The highest BCUT2D eigenvalue weighted by atomic mass is 16.5. The zero-order valence-corrected chi connectivity index (χ0v) is 9.27. The van der Waals surface area contributed by atoms with Crippen molar-refractivity contribution in [3.05, 3.63) is 24.0 Å². The molecule has 1 aromatic heterocycles. The Balaban J connectivity index is 2.47. The summed E-state index contributed by atoms with van der Waals surface area (Å²) in [5.41, 5.74) is 0.735. The van der Waals surface area contributed by atoms with E-state index in [1.807, 2.05) is 0 Å². The summed E-state index contributed by atoms with van der Waals surface area (Å²) in [5, 5.41) is 8.56. The number of nitrogens with zero attached hydrogens (tertiary/aromatic N) is 1. The second kappa shape index (κ2) is 7.69. The Hall–Kier alpha value is -1.57. The normalized spacial score (nSPS) is 9.38. The largest absolute Gasteiger partial charge is 0.492 e. The molecule has 0 saturated carbocycles. The van der Waals surface area contributed by atoms with Gasteiger partial charge in [0, 0.05) is 31.9 Å². The van der Waals surface area contributed by atoms with Crippen molar-refractivity contribution in [1.29, 1.82) is 0 Å². The molecule has 0 unspecified atom stereocenters. The summed E-state index contributed by atoms with van der Waals surface area (Å²) in [7, 11) is 1.66. The SMILES string of the molecule is COCCCOc1cncc(C#CCO)c1. The predicted molar refractivity (Wildman–Crippen MR) is 60.2 cm³/mol. The Labute approximate surface area is 95.2 Å². The molecule has 1 heterocycles. The predicted octanol–water partition coefficient (Wildman–Crippen LogP) is 0.841. The van der Waals surface area contributed by atoms with Gasteiger partial charge in [-0.1, -0.05) is 11.8 Å². The minimum atomic E-state index is -0.154. The number of rotatable bonds is 5. The Morgan fingerprint density at radius 1 is 1.38 bits per heavy atom. The van der Waals surface area contributed by atoms with Gasteiger partial charge in [-0.2, -0.15) is 0 Å². The van der Waals surface area contributed by atoms with Crippen LogP contribution in [0, 0.1) is 11.8 Å². The highest BCUT2D eigenvalue weighted by molar-refractivity contribution is 5.36. The van der Waals surface area contributed by atoms with E-state index in [4.69, 9.17) is 14.6 Å². The number of methoxy groups -OCH3 is 1. The number of aliphatic hydroxyl groups excluding tert-OH is 1. The van der Waals surface area contributed by atoms with Crippen molar-refractivity contribution in [2.75, 3.05) is 26.9 Å². The Morgan fingerprint density at radius 2 is 2.25 bits per heavy atom. The molecule has 16 heavy (non-hydrogen) atoms. The van der Waals surface area contributed by atoms with Crippen LogP contribution in [0.1, 0.15) is 12.0 Å². The number of aromatic nitrogens is 1.